The molecule has 2 heterocycles. The van der Waals surface area contributed by atoms with Crippen LogP contribution >= 0.6 is 15.9 Å². The first-order chi connectivity index (χ1) is 9.38. The number of aromatic nitrogens is 1. The number of halogens is 1. The zero-order valence-corrected chi connectivity index (χ0v) is 12.9. The second kappa shape index (κ2) is 5.54. The fraction of sp³-hybridized carbons (Fsp3) is 0.231. The molecule has 2 N–H and O–H groups in total. The summed E-state index contributed by atoms with van der Waals surface area (Å²) in [5.41, 5.74) is 5.55. The molecule has 7 heteroatoms. The van der Waals surface area contributed by atoms with Gasteiger partial charge in [0, 0.05) is 17.7 Å². The van der Waals surface area contributed by atoms with Gasteiger partial charge in [-0.1, -0.05) is 0 Å². The first-order valence-corrected chi connectivity index (χ1v) is 6.67. The Morgan fingerprint density at radius 2 is 1.85 bits per heavy atom. The van der Waals surface area contributed by atoms with Crippen LogP contribution in [-0.2, 0) is 7.05 Å². The summed E-state index contributed by atoms with van der Waals surface area (Å²) < 4.78 is 7.71. The second-order valence-electron chi connectivity index (χ2n) is 4.39. The van der Waals surface area contributed by atoms with Gasteiger partial charge in [-0.05, 0) is 41.9 Å². The summed E-state index contributed by atoms with van der Waals surface area (Å²) in [5.74, 6) is 0.339. The third kappa shape index (κ3) is 2.93. The fourth-order valence-corrected chi connectivity index (χ4v) is 2.38. The maximum Gasteiger partial charge on any atom is 0.286 e. The number of nitrogens with one attached hydrogen (secondary N) is 2. The summed E-state index contributed by atoms with van der Waals surface area (Å²) in [5, 5.41) is 0. The van der Waals surface area contributed by atoms with Crippen LogP contribution in [0.3, 0.4) is 0 Å². The Balaban J connectivity index is 2.02. The van der Waals surface area contributed by atoms with Crippen LogP contribution in [-0.4, -0.2) is 16.4 Å². The Morgan fingerprint density at radius 1 is 1.20 bits per heavy atom. The molecular weight excluding hydrogens is 326 g/mol. The Labute approximate surface area is 124 Å². The lowest BCUT2D eigenvalue weighted by Gasteiger charge is -2.07. The van der Waals surface area contributed by atoms with Crippen molar-refractivity contribution in [2.24, 2.45) is 7.05 Å². The monoisotopic (exact) mass is 339 g/mol. The Kier molecular flexibility index (Phi) is 3.99. The van der Waals surface area contributed by atoms with Gasteiger partial charge in [0.05, 0.1) is 5.56 Å². The molecule has 6 nitrogen and oxygen atoms in total. The highest BCUT2D eigenvalue weighted by Crippen LogP contribution is 2.14. The van der Waals surface area contributed by atoms with E-state index >= 15 is 0 Å². The molecule has 0 saturated carbocycles. The van der Waals surface area contributed by atoms with Crippen molar-refractivity contribution in [1.82, 2.24) is 15.4 Å². The van der Waals surface area contributed by atoms with Gasteiger partial charge < -0.3 is 8.98 Å². The minimum Gasteiger partial charge on any atom is -0.466 e. The molecule has 0 bridgehead atoms. The van der Waals surface area contributed by atoms with E-state index < -0.39 is 11.8 Å². The van der Waals surface area contributed by atoms with E-state index in [4.69, 9.17) is 4.42 Å². The van der Waals surface area contributed by atoms with E-state index in [0.717, 1.165) is 4.47 Å². The number of nitrogens with zero attached hydrogens (tertiary/aromatic N) is 1. The number of furan rings is 1. The van der Waals surface area contributed by atoms with Crippen molar-refractivity contribution < 1.29 is 14.0 Å². The summed E-state index contributed by atoms with van der Waals surface area (Å²) in [7, 11) is 1.74. The van der Waals surface area contributed by atoms with Crippen molar-refractivity contribution in [2.75, 3.05) is 0 Å². The smallest absolute Gasteiger partial charge is 0.286 e. The average molecular weight is 340 g/mol. The van der Waals surface area contributed by atoms with Gasteiger partial charge >= 0.3 is 0 Å². The van der Waals surface area contributed by atoms with Gasteiger partial charge in [0.15, 0.2) is 0 Å². The van der Waals surface area contributed by atoms with Crippen molar-refractivity contribution >= 4 is 27.7 Å². The molecule has 0 fully saturated rings. The predicted octanol–water partition coefficient (Wildman–Crippen LogP) is 2.07. The second-order valence-corrected chi connectivity index (χ2v) is 5.31. The van der Waals surface area contributed by atoms with Crippen molar-refractivity contribution in [3.63, 3.8) is 0 Å². The van der Waals surface area contributed by atoms with Crippen LogP contribution in [0.15, 0.2) is 27.2 Å². The van der Waals surface area contributed by atoms with Crippen LogP contribution in [0, 0.1) is 13.8 Å². The normalized spacial score (nSPS) is 10.4. The van der Waals surface area contributed by atoms with E-state index in [0.29, 0.717) is 22.8 Å². The highest BCUT2D eigenvalue weighted by Gasteiger charge is 2.16. The number of amides is 2. The topological polar surface area (TPSA) is 76.3 Å². The minimum absolute atomic E-state index is 0.399. The number of hydrazine groups is 1. The van der Waals surface area contributed by atoms with Crippen LogP contribution in [0.4, 0.5) is 0 Å². The highest BCUT2D eigenvalue weighted by atomic mass is 79.9. The lowest BCUT2D eigenvalue weighted by molar-refractivity contribution is 0.0841. The summed E-state index contributed by atoms with van der Waals surface area (Å²) in [6, 6.07) is 3.28. The maximum atomic E-state index is 11.9. The van der Waals surface area contributed by atoms with Gasteiger partial charge in [0.2, 0.25) is 0 Å². The van der Waals surface area contributed by atoms with Gasteiger partial charge in [0.1, 0.15) is 17.2 Å². The number of carbonyl (C=O) groups is 2. The first kappa shape index (κ1) is 14.4. The molecule has 0 aliphatic carbocycles. The van der Waals surface area contributed by atoms with Gasteiger partial charge in [-0.2, -0.15) is 0 Å². The van der Waals surface area contributed by atoms with Crippen LogP contribution < -0.4 is 10.9 Å². The van der Waals surface area contributed by atoms with Crippen molar-refractivity contribution in [2.45, 2.75) is 13.8 Å². The molecule has 0 atom stereocenters. The van der Waals surface area contributed by atoms with Crippen LogP contribution in [0.2, 0.25) is 0 Å². The van der Waals surface area contributed by atoms with Crippen molar-refractivity contribution in [3.05, 3.63) is 45.6 Å². The fourth-order valence-electron chi connectivity index (χ4n) is 1.85. The number of hydrogen-bond donors (Lipinski definition) is 2. The number of aryl methyl sites for hydroxylation is 3. The summed E-state index contributed by atoms with van der Waals surface area (Å²) in [4.78, 5) is 23.8. The van der Waals surface area contributed by atoms with E-state index in [1.165, 1.54) is 0 Å². The summed E-state index contributed by atoms with van der Waals surface area (Å²) in [6.07, 6.45) is 1.75. The maximum absolute atomic E-state index is 11.9. The van der Waals surface area contributed by atoms with E-state index in [2.05, 4.69) is 26.8 Å². The largest absolute Gasteiger partial charge is 0.466 e. The molecule has 0 aliphatic rings. The van der Waals surface area contributed by atoms with Gasteiger partial charge in [-0.25, -0.2) is 0 Å². The highest BCUT2D eigenvalue weighted by molar-refractivity contribution is 9.10. The zero-order chi connectivity index (χ0) is 14.9. The van der Waals surface area contributed by atoms with Crippen LogP contribution in [0.5, 0.6) is 0 Å². The molecule has 0 radical (unpaired) electrons. The Bertz CT molecular complexity index is 614. The molecular formula is C13H14BrN3O3. The van der Waals surface area contributed by atoms with E-state index in [1.807, 2.05) is 0 Å². The third-order valence-electron chi connectivity index (χ3n) is 2.78. The number of rotatable bonds is 2. The quantitative estimate of drug-likeness (QED) is 0.822. The van der Waals surface area contributed by atoms with Crippen molar-refractivity contribution in [3.8, 4) is 0 Å². The minimum atomic E-state index is -0.416. The zero-order valence-electron chi connectivity index (χ0n) is 11.3. The molecule has 106 valence electrons. The van der Waals surface area contributed by atoms with E-state index in [1.54, 1.807) is 43.8 Å². The standard InChI is InChI=1S/C13H14BrN3O3/c1-7-4-10(8(2)20-7)12(18)15-16-13(19)11-5-9(14)6-17(11)3/h4-6H,1-3H3,(H,15,18)(H,16,19). The first-order valence-electron chi connectivity index (χ1n) is 5.88. The average Bonchev–Trinajstić information content (AvgIpc) is 2.88. The Hall–Kier alpha value is -2.02. The molecule has 20 heavy (non-hydrogen) atoms. The SMILES string of the molecule is Cc1cc(C(=O)NNC(=O)c2cc(Br)cn2C)c(C)o1. The third-order valence-corrected chi connectivity index (χ3v) is 3.21. The molecule has 0 spiro atoms. The molecule has 0 aliphatic heterocycles. The lowest BCUT2D eigenvalue weighted by atomic mass is 10.2. The predicted molar refractivity (Wildman–Crippen MR) is 76.2 cm³/mol. The van der Waals surface area contributed by atoms with Crippen molar-refractivity contribution in [1.29, 1.82) is 0 Å². The van der Waals surface area contributed by atoms with Gasteiger partial charge in [0.25, 0.3) is 11.8 Å². The molecule has 2 aromatic heterocycles. The molecule has 2 amide bonds. The summed E-state index contributed by atoms with van der Waals surface area (Å²) in [6.45, 7) is 3.45. The number of carbonyl (C=O) groups excluding carboxylic acids is 2. The molecule has 0 saturated heterocycles. The van der Waals surface area contributed by atoms with Gasteiger partial charge in [-0.3, -0.25) is 20.4 Å². The number of hydrogen-bond acceptors (Lipinski definition) is 3. The van der Waals surface area contributed by atoms with Crippen LogP contribution in [0.25, 0.3) is 0 Å². The molecule has 0 unspecified atom stereocenters. The lowest BCUT2D eigenvalue weighted by Crippen LogP contribution is -2.42. The van der Waals surface area contributed by atoms with E-state index in [-0.39, 0.29) is 0 Å². The Morgan fingerprint density at radius 3 is 2.35 bits per heavy atom. The molecule has 2 rings (SSSR count). The van der Waals surface area contributed by atoms with Gasteiger partial charge in [-0.15, -0.1) is 0 Å². The van der Waals surface area contributed by atoms with Crippen LogP contribution in [0.1, 0.15) is 32.4 Å². The van der Waals surface area contributed by atoms with E-state index in [9.17, 15) is 9.59 Å². The summed E-state index contributed by atoms with van der Waals surface area (Å²) >= 11 is 3.28. The molecule has 2 aromatic rings. The molecule has 0 aromatic carbocycles.